The minimum Gasteiger partial charge on any atom is -0.497 e. The first-order chi connectivity index (χ1) is 12.0. The molecule has 2 aromatic carbocycles. The molecule has 1 aliphatic heterocycles. The van der Waals surface area contributed by atoms with Gasteiger partial charge in [-0.2, -0.15) is 0 Å². The maximum atomic E-state index is 12.3. The fourth-order valence-electron chi connectivity index (χ4n) is 2.78. The van der Waals surface area contributed by atoms with Crippen LogP contribution in [0.3, 0.4) is 0 Å². The first-order valence-corrected chi connectivity index (χ1v) is 8.03. The number of amides is 1. The van der Waals surface area contributed by atoms with Gasteiger partial charge in [-0.3, -0.25) is 4.90 Å². The Morgan fingerprint density at radius 3 is 2.56 bits per heavy atom. The molecule has 0 saturated carbocycles. The quantitative estimate of drug-likeness (QED) is 0.924. The molecule has 1 unspecified atom stereocenters. The summed E-state index contributed by atoms with van der Waals surface area (Å²) >= 11 is 0. The SMILES string of the molecule is COc1ccc(C2(O)OCN(C(=O)OCc3ccccc3)[C@H]2C)cc1. The first kappa shape index (κ1) is 17.3. The van der Waals surface area contributed by atoms with Gasteiger partial charge in [0, 0.05) is 5.56 Å². The largest absolute Gasteiger partial charge is 0.497 e. The van der Waals surface area contributed by atoms with Crippen molar-refractivity contribution in [2.45, 2.75) is 25.4 Å². The van der Waals surface area contributed by atoms with Crippen LogP contribution in [0.25, 0.3) is 0 Å². The fraction of sp³-hybridized carbons (Fsp3) is 0.316. The van der Waals surface area contributed by atoms with Crippen LogP contribution >= 0.6 is 0 Å². The Hall–Kier alpha value is -2.57. The van der Waals surface area contributed by atoms with Crippen LogP contribution in [-0.4, -0.2) is 36.0 Å². The molecule has 2 aromatic rings. The van der Waals surface area contributed by atoms with E-state index in [1.807, 2.05) is 30.3 Å². The normalized spacial score (nSPS) is 22.7. The summed E-state index contributed by atoms with van der Waals surface area (Å²) in [4.78, 5) is 13.7. The zero-order valence-electron chi connectivity index (χ0n) is 14.2. The molecule has 0 radical (unpaired) electrons. The van der Waals surface area contributed by atoms with Crippen LogP contribution in [0.4, 0.5) is 4.79 Å². The third-order valence-electron chi connectivity index (χ3n) is 4.40. The van der Waals surface area contributed by atoms with E-state index >= 15 is 0 Å². The van der Waals surface area contributed by atoms with Crippen molar-refractivity contribution in [2.24, 2.45) is 0 Å². The van der Waals surface area contributed by atoms with Gasteiger partial charge in [-0.15, -0.1) is 0 Å². The third-order valence-corrected chi connectivity index (χ3v) is 4.40. The van der Waals surface area contributed by atoms with E-state index in [0.29, 0.717) is 11.3 Å². The highest BCUT2D eigenvalue weighted by molar-refractivity contribution is 5.68. The average molecular weight is 343 g/mol. The molecule has 2 atom stereocenters. The van der Waals surface area contributed by atoms with Crippen molar-refractivity contribution in [3.05, 3.63) is 65.7 Å². The molecule has 1 aliphatic rings. The van der Waals surface area contributed by atoms with Gasteiger partial charge in [0.15, 0.2) is 0 Å². The van der Waals surface area contributed by atoms with Gasteiger partial charge in [0.2, 0.25) is 5.79 Å². The summed E-state index contributed by atoms with van der Waals surface area (Å²) in [7, 11) is 1.57. The minimum atomic E-state index is -1.59. The van der Waals surface area contributed by atoms with Crippen LogP contribution in [0.1, 0.15) is 18.1 Å². The number of hydrogen-bond acceptors (Lipinski definition) is 5. The number of hydrogen-bond donors (Lipinski definition) is 1. The van der Waals surface area contributed by atoms with Gasteiger partial charge in [-0.1, -0.05) is 30.3 Å². The molecule has 1 N–H and O–H groups in total. The fourth-order valence-corrected chi connectivity index (χ4v) is 2.78. The van der Waals surface area contributed by atoms with Gasteiger partial charge in [0.1, 0.15) is 19.1 Å². The number of carbonyl (C=O) groups is 1. The van der Waals surface area contributed by atoms with Gasteiger partial charge in [0.05, 0.1) is 13.2 Å². The Morgan fingerprint density at radius 2 is 1.92 bits per heavy atom. The number of nitrogens with zero attached hydrogens (tertiary/aromatic N) is 1. The number of carbonyl (C=O) groups excluding carboxylic acids is 1. The molecule has 25 heavy (non-hydrogen) atoms. The van der Waals surface area contributed by atoms with Crippen molar-refractivity contribution in [1.29, 1.82) is 0 Å². The highest BCUT2D eigenvalue weighted by atomic mass is 16.7. The van der Waals surface area contributed by atoms with E-state index in [-0.39, 0.29) is 13.3 Å². The molecule has 1 amide bonds. The molecule has 0 spiro atoms. The number of benzene rings is 2. The standard InChI is InChI=1S/C19H21NO5/c1-14-19(22,16-8-10-17(23-2)11-9-16)25-13-20(14)18(21)24-12-15-6-4-3-5-7-15/h3-11,14,22H,12-13H2,1-2H3/t14-,19?/m0/s1. The second kappa shape index (κ2) is 7.13. The van der Waals surface area contributed by atoms with Crippen molar-refractivity contribution >= 4 is 6.09 Å². The molecular formula is C19H21NO5. The van der Waals surface area contributed by atoms with Crippen molar-refractivity contribution in [3.63, 3.8) is 0 Å². The molecule has 132 valence electrons. The van der Waals surface area contributed by atoms with E-state index in [9.17, 15) is 9.90 Å². The molecule has 1 saturated heterocycles. The summed E-state index contributed by atoms with van der Waals surface area (Å²) in [6, 6.07) is 15.7. The number of methoxy groups -OCH3 is 1. The number of aliphatic hydroxyl groups is 1. The highest BCUT2D eigenvalue weighted by Crippen LogP contribution is 2.36. The van der Waals surface area contributed by atoms with Gasteiger partial charge in [-0.05, 0) is 36.8 Å². The summed E-state index contributed by atoms with van der Waals surface area (Å²) in [6.45, 7) is 1.85. The molecule has 0 bridgehead atoms. The average Bonchev–Trinajstić information content (AvgIpc) is 2.97. The van der Waals surface area contributed by atoms with E-state index in [4.69, 9.17) is 14.2 Å². The molecule has 3 rings (SSSR count). The molecule has 6 heteroatoms. The van der Waals surface area contributed by atoms with E-state index in [1.165, 1.54) is 4.90 Å². The Bertz CT molecular complexity index is 718. The second-order valence-corrected chi connectivity index (χ2v) is 5.88. The topological polar surface area (TPSA) is 68.2 Å². The van der Waals surface area contributed by atoms with E-state index < -0.39 is 17.9 Å². The lowest BCUT2D eigenvalue weighted by atomic mass is 9.99. The Kier molecular flexibility index (Phi) is 4.92. The Morgan fingerprint density at radius 1 is 1.24 bits per heavy atom. The van der Waals surface area contributed by atoms with E-state index in [0.717, 1.165) is 5.56 Å². The third kappa shape index (κ3) is 3.45. The van der Waals surface area contributed by atoms with Crippen LogP contribution in [0.2, 0.25) is 0 Å². The van der Waals surface area contributed by atoms with Gasteiger partial charge in [-0.25, -0.2) is 4.79 Å². The van der Waals surface area contributed by atoms with Crippen LogP contribution in [0.5, 0.6) is 5.75 Å². The first-order valence-electron chi connectivity index (χ1n) is 8.03. The van der Waals surface area contributed by atoms with Gasteiger partial charge < -0.3 is 19.3 Å². The predicted molar refractivity (Wildman–Crippen MR) is 90.8 cm³/mol. The smallest absolute Gasteiger partial charge is 0.412 e. The highest BCUT2D eigenvalue weighted by Gasteiger charge is 2.48. The molecular weight excluding hydrogens is 322 g/mol. The van der Waals surface area contributed by atoms with Crippen molar-refractivity contribution in [2.75, 3.05) is 13.8 Å². The number of rotatable bonds is 4. The molecule has 1 heterocycles. The Labute approximate surface area is 146 Å². The van der Waals surface area contributed by atoms with Gasteiger partial charge >= 0.3 is 6.09 Å². The summed E-state index contributed by atoms with van der Waals surface area (Å²) in [5.41, 5.74) is 1.45. The summed E-state index contributed by atoms with van der Waals surface area (Å²) < 4.78 is 16.0. The number of ether oxygens (including phenoxy) is 3. The van der Waals surface area contributed by atoms with Crippen LogP contribution in [0.15, 0.2) is 54.6 Å². The van der Waals surface area contributed by atoms with Crippen molar-refractivity contribution < 1.29 is 24.1 Å². The van der Waals surface area contributed by atoms with Crippen molar-refractivity contribution in [3.8, 4) is 5.75 Å². The van der Waals surface area contributed by atoms with Crippen LogP contribution in [0, 0.1) is 0 Å². The van der Waals surface area contributed by atoms with E-state index in [1.54, 1.807) is 38.3 Å². The zero-order valence-corrected chi connectivity index (χ0v) is 14.2. The minimum absolute atomic E-state index is 0.0443. The van der Waals surface area contributed by atoms with Crippen molar-refractivity contribution in [1.82, 2.24) is 4.90 Å². The maximum Gasteiger partial charge on any atom is 0.412 e. The maximum absolute atomic E-state index is 12.3. The lowest BCUT2D eigenvalue weighted by Crippen LogP contribution is -2.43. The molecule has 1 fully saturated rings. The molecule has 0 aliphatic carbocycles. The second-order valence-electron chi connectivity index (χ2n) is 5.88. The summed E-state index contributed by atoms with van der Waals surface area (Å²) in [5.74, 6) is -0.907. The van der Waals surface area contributed by atoms with Crippen LogP contribution < -0.4 is 4.74 Å². The van der Waals surface area contributed by atoms with Crippen LogP contribution in [-0.2, 0) is 21.9 Å². The summed E-state index contributed by atoms with van der Waals surface area (Å²) in [5, 5.41) is 10.9. The van der Waals surface area contributed by atoms with Gasteiger partial charge in [0.25, 0.3) is 0 Å². The Balaban J connectivity index is 1.67. The monoisotopic (exact) mass is 343 g/mol. The molecule has 6 nitrogen and oxygen atoms in total. The zero-order chi connectivity index (χ0) is 17.9. The van der Waals surface area contributed by atoms with E-state index in [2.05, 4.69) is 0 Å². The molecule has 0 aromatic heterocycles. The summed E-state index contributed by atoms with van der Waals surface area (Å²) in [6.07, 6.45) is -0.527. The lowest BCUT2D eigenvalue weighted by Gasteiger charge is -2.28. The predicted octanol–water partition coefficient (Wildman–Crippen LogP) is 2.86. The lowest BCUT2D eigenvalue weighted by molar-refractivity contribution is -0.185.